The molecule has 0 saturated heterocycles. The highest BCUT2D eigenvalue weighted by atomic mass is 16.5. The van der Waals surface area contributed by atoms with Crippen molar-refractivity contribution in [3.63, 3.8) is 0 Å². The van der Waals surface area contributed by atoms with Gasteiger partial charge in [-0.1, -0.05) is 20.8 Å². The highest BCUT2D eigenvalue weighted by Crippen LogP contribution is 2.18. The predicted molar refractivity (Wildman–Crippen MR) is 52.1 cm³/mol. The summed E-state index contributed by atoms with van der Waals surface area (Å²) in [6.07, 6.45) is 0. The molecule has 4 nitrogen and oxygen atoms in total. The first-order chi connectivity index (χ1) is 6.45. The van der Waals surface area contributed by atoms with Crippen LogP contribution in [0.1, 0.15) is 37.0 Å². The van der Waals surface area contributed by atoms with Gasteiger partial charge in [-0.2, -0.15) is 5.10 Å². The molecule has 1 aromatic rings. The molecule has 0 atom stereocenters. The number of aromatic nitrogens is 2. The van der Waals surface area contributed by atoms with Gasteiger partial charge in [-0.25, -0.2) is 4.79 Å². The van der Waals surface area contributed by atoms with Gasteiger partial charge in [0.25, 0.3) is 0 Å². The fourth-order valence-corrected chi connectivity index (χ4v) is 0.946. The van der Waals surface area contributed by atoms with Gasteiger partial charge in [0.2, 0.25) is 0 Å². The van der Waals surface area contributed by atoms with Crippen molar-refractivity contribution in [1.82, 2.24) is 10.2 Å². The van der Waals surface area contributed by atoms with Crippen LogP contribution in [0.4, 0.5) is 0 Å². The van der Waals surface area contributed by atoms with Crippen molar-refractivity contribution in [2.24, 2.45) is 0 Å². The third-order valence-electron chi connectivity index (χ3n) is 1.83. The number of hydrogen-bond donors (Lipinski definition) is 0. The molecular formula is C10H14N2O2. The zero-order chi connectivity index (χ0) is 10.8. The monoisotopic (exact) mass is 194 g/mol. The maximum atomic E-state index is 11.0. The number of ether oxygens (including phenoxy) is 1. The molecule has 14 heavy (non-hydrogen) atoms. The molecule has 0 saturated carbocycles. The summed E-state index contributed by atoms with van der Waals surface area (Å²) < 4.78 is 4.52. The van der Waals surface area contributed by atoms with Crippen LogP contribution >= 0.6 is 0 Å². The van der Waals surface area contributed by atoms with Crippen LogP contribution in [-0.2, 0) is 10.2 Å². The lowest BCUT2D eigenvalue weighted by Crippen LogP contribution is -2.16. The summed E-state index contributed by atoms with van der Waals surface area (Å²) in [7, 11) is 1.32. The summed E-state index contributed by atoms with van der Waals surface area (Å²) >= 11 is 0. The Labute approximate surface area is 83.3 Å². The molecule has 0 aliphatic carbocycles. The van der Waals surface area contributed by atoms with Crippen molar-refractivity contribution in [3.05, 3.63) is 23.5 Å². The van der Waals surface area contributed by atoms with Crippen molar-refractivity contribution >= 4 is 5.97 Å². The van der Waals surface area contributed by atoms with E-state index in [0.717, 1.165) is 5.69 Å². The molecule has 0 spiro atoms. The number of methoxy groups -OCH3 is 1. The number of hydrogen-bond acceptors (Lipinski definition) is 4. The number of carbonyl (C=O) groups excluding carboxylic acids is 1. The Morgan fingerprint density at radius 2 is 1.93 bits per heavy atom. The second-order valence-electron chi connectivity index (χ2n) is 4.05. The molecule has 76 valence electrons. The minimum absolute atomic E-state index is 0.0539. The number of rotatable bonds is 1. The SMILES string of the molecule is COC(=O)c1ccc(C(C)(C)C)nn1. The van der Waals surface area contributed by atoms with E-state index in [2.05, 4.69) is 14.9 Å². The quantitative estimate of drug-likeness (QED) is 0.636. The molecule has 0 amide bonds. The van der Waals surface area contributed by atoms with Crippen LogP contribution in [0, 0.1) is 0 Å². The van der Waals surface area contributed by atoms with Crippen LogP contribution in [0.3, 0.4) is 0 Å². The minimum atomic E-state index is -0.460. The van der Waals surface area contributed by atoms with Gasteiger partial charge in [0.15, 0.2) is 5.69 Å². The van der Waals surface area contributed by atoms with Crippen LogP contribution < -0.4 is 0 Å². The van der Waals surface area contributed by atoms with E-state index < -0.39 is 5.97 Å². The van der Waals surface area contributed by atoms with E-state index in [9.17, 15) is 4.79 Å². The van der Waals surface area contributed by atoms with E-state index in [1.807, 2.05) is 20.8 Å². The molecule has 0 bridgehead atoms. The first-order valence-corrected chi connectivity index (χ1v) is 4.37. The molecular weight excluding hydrogens is 180 g/mol. The maximum Gasteiger partial charge on any atom is 0.358 e. The van der Waals surface area contributed by atoms with E-state index in [-0.39, 0.29) is 11.1 Å². The third-order valence-corrected chi connectivity index (χ3v) is 1.83. The van der Waals surface area contributed by atoms with Gasteiger partial charge in [-0.15, -0.1) is 5.10 Å². The van der Waals surface area contributed by atoms with Crippen molar-refractivity contribution < 1.29 is 9.53 Å². The highest BCUT2D eigenvalue weighted by molar-refractivity contribution is 5.86. The Hall–Kier alpha value is -1.45. The molecule has 4 heteroatoms. The molecule has 0 unspecified atom stereocenters. The van der Waals surface area contributed by atoms with Crippen LogP contribution in [0.2, 0.25) is 0 Å². The molecule has 0 radical (unpaired) electrons. The molecule has 0 N–H and O–H groups in total. The number of carbonyl (C=O) groups is 1. The normalized spacial score (nSPS) is 11.1. The van der Waals surface area contributed by atoms with E-state index in [1.54, 1.807) is 12.1 Å². The number of esters is 1. The average molecular weight is 194 g/mol. The highest BCUT2D eigenvalue weighted by Gasteiger charge is 2.17. The Balaban J connectivity index is 2.95. The summed E-state index contributed by atoms with van der Waals surface area (Å²) in [5.41, 5.74) is 1.03. The maximum absolute atomic E-state index is 11.0. The van der Waals surface area contributed by atoms with Gasteiger partial charge in [0.1, 0.15) is 0 Å². The predicted octanol–water partition coefficient (Wildman–Crippen LogP) is 1.56. The first-order valence-electron chi connectivity index (χ1n) is 4.37. The van der Waals surface area contributed by atoms with Crippen molar-refractivity contribution in [2.75, 3.05) is 7.11 Å². The minimum Gasteiger partial charge on any atom is -0.464 e. The Bertz CT molecular complexity index is 325. The van der Waals surface area contributed by atoms with Gasteiger partial charge in [0.05, 0.1) is 12.8 Å². The summed E-state index contributed by atoms with van der Waals surface area (Å²) in [6, 6.07) is 3.42. The van der Waals surface area contributed by atoms with Gasteiger partial charge >= 0.3 is 5.97 Å². The lowest BCUT2D eigenvalue weighted by atomic mass is 9.92. The van der Waals surface area contributed by atoms with Gasteiger partial charge in [0, 0.05) is 5.41 Å². The first kappa shape index (κ1) is 10.6. The van der Waals surface area contributed by atoms with E-state index in [0.29, 0.717) is 0 Å². The third kappa shape index (κ3) is 2.28. The van der Waals surface area contributed by atoms with Crippen molar-refractivity contribution in [2.45, 2.75) is 26.2 Å². The Morgan fingerprint density at radius 3 is 2.29 bits per heavy atom. The van der Waals surface area contributed by atoms with E-state index >= 15 is 0 Å². The lowest BCUT2D eigenvalue weighted by molar-refractivity contribution is 0.0592. The summed E-state index contributed by atoms with van der Waals surface area (Å²) in [6.45, 7) is 6.11. The van der Waals surface area contributed by atoms with Crippen LogP contribution in [-0.4, -0.2) is 23.3 Å². The molecule has 0 aliphatic rings. The Morgan fingerprint density at radius 1 is 1.29 bits per heavy atom. The summed E-state index contributed by atoms with van der Waals surface area (Å²) in [5, 5.41) is 7.76. The fraction of sp³-hybridized carbons (Fsp3) is 0.500. The van der Waals surface area contributed by atoms with E-state index in [4.69, 9.17) is 0 Å². The second kappa shape index (κ2) is 3.74. The zero-order valence-corrected chi connectivity index (χ0v) is 8.87. The van der Waals surface area contributed by atoms with Gasteiger partial charge in [-0.3, -0.25) is 0 Å². The molecule has 0 aromatic carbocycles. The van der Waals surface area contributed by atoms with Crippen LogP contribution in [0.25, 0.3) is 0 Å². The van der Waals surface area contributed by atoms with Crippen LogP contribution in [0.5, 0.6) is 0 Å². The number of nitrogens with zero attached hydrogens (tertiary/aromatic N) is 2. The molecule has 1 heterocycles. The van der Waals surface area contributed by atoms with E-state index in [1.165, 1.54) is 7.11 Å². The molecule has 0 aliphatic heterocycles. The molecule has 0 fully saturated rings. The van der Waals surface area contributed by atoms with Gasteiger partial charge in [-0.05, 0) is 12.1 Å². The second-order valence-corrected chi connectivity index (χ2v) is 4.05. The molecule has 1 rings (SSSR count). The zero-order valence-electron chi connectivity index (χ0n) is 8.87. The summed E-state index contributed by atoms with van der Waals surface area (Å²) in [4.78, 5) is 11.0. The lowest BCUT2D eigenvalue weighted by Gasteiger charge is -2.16. The average Bonchev–Trinajstić information content (AvgIpc) is 2.15. The smallest absolute Gasteiger partial charge is 0.358 e. The van der Waals surface area contributed by atoms with Crippen molar-refractivity contribution in [3.8, 4) is 0 Å². The van der Waals surface area contributed by atoms with Gasteiger partial charge < -0.3 is 4.74 Å². The summed E-state index contributed by atoms with van der Waals surface area (Å²) in [5.74, 6) is -0.460. The standard InChI is InChI=1S/C10H14N2O2/c1-10(2,3)8-6-5-7(11-12-8)9(13)14-4/h5-6H,1-4H3. The fourth-order valence-electron chi connectivity index (χ4n) is 0.946. The van der Waals surface area contributed by atoms with Crippen molar-refractivity contribution in [1.29, 1.82) is 0 Å². The van der Waals surface area contributed by atoms with Crippen LogP contribution in [0.15, 0.2) is 12.1 Å². The topological polar surface area (TPSA) is 52.1 Å². The Kier molecular flexibility index (Phi) is 2.84. The molecule has 1 aromatic heterocycles. The largest absolute Gasteiger partial charge is 0.464 e.